The molecule has 116 valence electrons. The smallest absolute Gasteiger partial charge is 0.151 e. The van der Waals surface area contributed by atoms with E-state index in [1.54, 1.807) is 0 Å². The van der Waals surface area contributed by atoms with Crippen molar-refractivity contribution in [2.75, 3.05) is 24.6 Å². The fraction of sp³-hybridized carbons (Fsp3) is 0.625. The van der Waals surface area contributed by atoms with E-state index in [4.69, 9.17) is 0 Å². The van der Waals surface area contributed by atoms with Crippen LogP contribution in [0.15, 0.2) is 30.3 Å². The molecule has 1 N–H and O–H groups in total. The highest BCUT2D eigenvalue weighted by molar-refractivity contribution is 7.91. The average Bonchev–Trinajstić information content (AvgIpc) is 2.79. The molecule has 2 saturated heterocycles. The Balaban J connectivity index is 1.88. The van der Waals surface area contributed by atoms with Gasteiger partial charge in [-0.25, -0.2) is 8.42 Å². The molecule has 21 heavy (non-hydrogen) atoms. The molecule has 2 aliphatic rings. The molecule has 0 aromatic heterocycles. The molecule has 0 radical (unpaired) electrons. The van der Waals surface area contributed by atoms with Crippen molar-refractivity contribution in [1.82, 2.24) is 10.2 Å². The van der Waals surface area contributed by atoms with Crippen molar-refractivity contribution in [3.63, 3.8) is 0 Å². The Bertz CT molecular complexity index is 598. The number of nitrogens with zero attached hydrogens (tertiary/aromatic N) is 1. The van der Waals surface area contributed by atoms with E-state index in [1.807, 2.05) is 6.07 Å². The lowest BCUT2D eigenvalue weighted by molar-refractivity contribution is 0.0624. The van der Waals surface area contributed by atoms with E-state index in [0.29, 0.717) is 11.5 Å². The third kappa shape index (κ3) is 3.30. The molecule has 2 unspecified atom stereocenters. The number of rotatable bonds is 2. The van der Waals surface area contributed by atoms with Crippen molar-refractivity contribution in [2.24, 2.45) is 0 Å². The van der Waals surface area contributed by atoms with Crippen LogP contribution >= 0.6 is 0 Å². The molecule has 2 atom stereocenters. The molecule has 0 saturated carbocycles. The van der Waals surface area contributed by atoms with E-state index < -0.39 is 9.84 Å². The zero-order valence-corrected chi connectivity index (χ0v) is 13.6. The Kier molecular flexibility index (Phi) is 3.84. The first-order valence-corrected chi connectivity index (χ1v) is 9.45. The average molecular weight is 308 g/mol. The van der Waals surface area contributed by atoms with Crippen molar-refractivity contribution in [3.05, 3.63) is 35.9 Å². The highest BCUT2D eigenvalue weighted by Crippen LogP contribution is 2.32. The maximum Gasteiger partial charge on any atom is 0.151 e. The van der Waals surface area contributed by atoms with Gasteiger partial charge in [-0.3, -0.25) is 4.90 Å². The Morgan fingerprint density at radius 2 is 1.95 bits per heavy atom. The Morgan fingerprint density at radius 3 is 2.57 bits per heavy atom. The number of hydrogen-bond acceptors (Lipinski definition) is 4. The van der Waals surface area contributed by atoms with Gasteiger partial charge in [-0.1, -0.05) is 30.3 Å². The van der Waals surface area contributed by atoms with Crippen molar-refractivity contribution < 1.29 is 8.42 Å². The molecule has 1 aromatic carbocycles. The topological polar surface area (TPSA) is 49.4 Å². The van der Waals surface area contributed by atoms with Gasteiger partial charge >= 0.3 is 0 Å². The molecule has 5 heteroatoms. The van der Waals surface area contributed by atoms with Crippen molar-refractivity contribution in [2.45, 2.75) is 37.9 Å². The molecule has 3 rings (SSSR count). The Morgan fingerprint density at radius 1 is 1.24 bits per heavy atom. The maximum absolute atomic E-state index is 11.8. The van der Waals surface area contributed by atoms with Crippen molar-refractivity contribution >= 4 is 9.84 Å². The quantitative estimate of drug-likeness (QED) is 0.901. The first kappa shape index (κ1) is 15.0. The summed E-state index contributed by atoms with van der Waals surface area (Å²) < 4.78 is 23.7. The summed E-state index contributed by atoms with van der Waals surface area (Å²) in [5.74, 6) is 0.649. The summed E-state index contributed by atoms with van der Waals surface area (Å²) in [5.41, 5.74) is 1.29. The minimum Gasteiger partial charge on any atom is -0.309 e. The Hall–Kier alpha value is -0.910. The standard InChI is InChI=1S/C16H24N2O2S/c1-16(2)12-18(14-8-9-21(19,20)11-14)15(10-17-16)13-6-4-3-5-7-13/h3-7,14-15,17H,8-12H2,1-2H3. The number of hydrogen-bond donors (Lipinski definition) is 1. The van der Waals surface area contributed by atoms with Crippen molar-refractivity contribution in [3.8, 4) is 0 Å². The third-order valence-corrected chi connectivity index (χ3v) is 6.36. The predicted molar refractivity (Wildman–Crippen MR) is 85.0 cm³/mol. The van der Waals surface area contributed by atoms with Gasteiger partial charge in [0.1, 0.15) is 0 Å². The van der Waals surface area contributed by atoms with E-state index >= 15 is 0 Å². The monoisotopic (exact) mass is 308 g/mol. The molecule has 2 fully saturated rings. The van der Waals surface area contributed by atoms with Gasteiger partial charge in [-0.05, 0) is 25.8 Å². The summed E-state index contributed by atoms with van der Waals surface area (Å²) in [6, 6.07) is 10.8. The molecule has 0 spiro atoms. The Labute approximate surface area is 127 Å². The summed E-state index contributed by atoms with van der Waals surface area (Å²) in [6.45, 7) is 6.12. The van der Waals surface area contributed by atoms with Gasteiger partial charge in [0.2, 0.25) is 0 Å². The molecule has 0 aliphatic carbocycles. The number of benzene rings is 1. The van der Waals surface area contributed by atoms with E-state index in [1.165, 1.54) is 5.56 Å². The molecule has 1 aromatic rings. The second kappa shape index (κ2) is 5.38. The molecule has 2 heterocycles. The molecule has 4 nitrogen and oxygen atoms in total. The van der Waals surface area contributed by atoms with Crippen LogP contribution in [0.25, 0.3) is 0 Å². The molecule has 0 bridgehead atoms. The lowest BCUT2D eigenvalue weighted by Gasteiger charge is -2.47. The van der Waals surface area contributed by atoms with Crippen LogP contribution in [0.5, 0.6) is 0 Å². The van der Waals surface area contributed by atoms with Crippen LogP contribution < -0.4 is 5.32 Å². The number of sulfone groups is 1. The number of nitrogens with one attached hydrogen (secondary N) is 1. The zero-order chi connectivity index (χ0) is 15.1. The van der Waals surface area contributed by atoms with Crippen LogP contribution in [-0.4, -0.2) is 49.5 Å². The zero-order valence-electron chi connectivity index (χ0n) is 12.7. The van der Waals surface area contributed by atoms with E-state index in [0.717, 1.165) is 19.5 Å². The highest BCUT2D eigenvalue weighted by Gasteiger charge is 2.41. The molecular formula is C16H24N2O2S. The van der Waals surface area contributed by atoms with Crippen LogP contribution in [-0.2, 0) is 9.84 Å². The summed E-state index contributed by atoms with van der Waals surface area (Å²) in [4.78, 5) is 2.41. The normalized spacial score (nSPS) is 32.1. The molecule has 2 aliphatic heterocycles. The van der Waals surface area contributed by atoms with Crippen molar-refractivity contribution in [1.29, 1.82) is 0 Å². The van der Waals surface area contributed by atoms with Gasteiger partial charge < -0.3 is 5.32 Å². The van der Waals surface area contributed by atoms with E-state index in [9.17, 15) is 8.42 Å². The third-order valence-electron chi connectivity index (χ3n) is 4.61. The van der Waals surface area contributed by atoms with Crippen LogP contribution in [0.3, 0.4) is 0 Å². The van der Waals surface area contributed by atoms with E-state index in [2.05, 4.69) is 48.3 Å². The van der Waals surface area contributed by atoms with Gasteiger partial charge in [0, 0.05) is 30.7 Å². The van der Waals surface area contributed by atoms with Crippen LogP contribution in [0.2, 0.25) is 0 Å². The summed E-state index contributed by atoms with van der Waals surface area (Å²) >= 11 is 0. The largest absolute Gasteiger partial charge is 0.309 e. The minimum atomic E-state index is -2.85. The lowest BCUT2D eigenvalue weighted by atomic mass is 9.93. The van der Waals surface area contributed by atoms with Gasteiger partial charge in [-0.15, -0.1) is 0 Å². The van der Waals surface area contributed by atoms with Gasteiger partial charge in [0.15, 0.2) is 9.84 Å². The summed E-state index contributed by atoms with van der Waals surface area (Å²) in [5, 5.41) is 3.59. The summed E-state index contributed by atoms with van der Waals surface area (Å²) in [6.07, 6.45) is 0.766. The highest BCUT2D eigenvalue weighted by atomic mass is 32.2. The second-order valence-electron chi connectivity index (χ2n) is 6.92. The molecular weight excluding hydrogens is 284 g/mol. The van der Waals surface area contributed by atoms with E-state index in [-0.39, 0.29) is 17.6 Å². The fourth-order valence-electron chi connectivity index (χ4n) is 3.52. The van der Waals surface area contributed by atoms with Crippen LogP contribution in [0.1, 0.15) is 31.9 Å². The van der Waals surface area contributed by atoms with Crippen LogP contribution in [0, 0.1) is 0 Å². The first-order valence-electron chi connectivity index (χ1n) is 7.62. The maximum atomic E-state index is 11.8. The SMILES string of the molecule is CC1(C)CN(C2CCS(=O)(=O)C2)C(c2ccccc2)CN1. The second-order valence-corrected chi connectivity index (χ2v) is 9.15. The minimum absolute atomic E-state index is 0.0254. The van der Waals surface area contributed by atoms with Gasteiger partial charge in [-0.2, -0.15) is 0 Å². The number of piperazine rings is 1. The lowest BCUT2D eigenvalue weighted by Crippen LogP contribution is -2.60. The van der Waals surface area contributed by atoms with Gasteiger partial charge in [0.05, 0.1) is 11.5 Å². The predicted octanol–water partition coefficient (Wildman–Crippen LogP) is 1.60. The molecule has 0 amide bonds. The first-order chi connectivity index (χ1) is 9.86. The fourth-order valence-corrected chi connectivity index (χ4v) is 5.26. The van der Waals surface area contributed by atoms with Crippen LogP contribution in [0.4, 0.5) is 0 Å². The summed E-state index contributed by atoms with van der Waals surface area (Å²) in [7, 11) is -2.85. The van der Waals surface area contributed by atoms with Gasteiger partial charge in [0.25, 0.3) is 0 Å².